The first-order valence-electron chi connectivity index (χ1n) is 11.7. The van der Waals surface area contributed by atoms with Crippen molar-refractivity contribution < 1.29 is 18.7 Å². The lowest BCUT2D eigenvalue weighted by Crippen LogP contribution is -2.39. The molecule has 4 aromatic rings. The molecule has 0 fully saturated rings. The van der Waals surface area contributed by atoms with E-state index in [1.54, 1.807) is 69.5 Å². The van der Waals surface area contributed by atoms with Crippen LogP contribution in [0.25, 0.3) is 17.4 Å². The van der Waals surface area contributed by atoms with Crippen LogP contribution in [-0.4, -0.2) is 24.3 Å². The van der Waals surface area contributed by atoms with Crippen LogP contribution in [0.2, 0.25) is 10.0 Å². The number of carbonyl (C=O) groups is 1. The Balaban J connectivity index is 1.63. The van der Waals surface area contributed by atoms with E-state index in [4.69, 9.17) is 37.1 Å². The van der Waals surface area contributed by atoms with E-state index in [9.17, 15) is 9.59 Å². The summed E-state index contributed by atoms with van der Waals surface area (Å²) in [6.45, 7) is 3.68. The van der Waals surface area contributed by atoms with E-state index in [0.29, 0.717) is 53.5 Å². The zero-order valence-corrected chi connectivity index (χ0v) is 23.0. The number of benzene rings is 2. The number of furan rings is 1. The first kappa shape index (κ1) is 26.0. The maximum atomic E-state index is 13.7. The standard InChI is InChI=1S/C28H22Cl2N2O5S/c1-4-36-27(34)24-15(2)31-28-32(25(24)16-5-8-18(35-3)9-6-16)26(33)23(38-28)14-19-10-12-22(37-19)20-11-7-17(29)13-21(20)30/h5-14,25H,4H2,1-3H3/b23-14-. The van der Waals surface area contributed by atoms with Crippen LogP contribution in [0, 0.1) is 0 Å². The number of ether oxygens (including phenoxy) is 2. The van der Waals surface area contributed by atoms with Crippen molar-refractivity contribution in [1.29, 1.82) is 0 Å². The fourth-order valence-electron chi connectivity index (χ4n) is 4.29. The minimum Gasteiger partial charge on any atom is -0.497 e. The molecule has 2 aromatic carbocycles. The number of aromatic nitrogens is 1. The number of thiazole rings is 1. The molecule has 0 spiro atoms. The number of halogens is 2. The summed E-state index contributed by atoms with van der Waals surface area (Å²) in [6, 6.07) is 15.2. The molecular weight excluding hydrogens is 547 g/mol. The fraction of sp³-hybridized carbons (Fsp3) is 0.179. The number of hydrogen-bond acceptors (Lipinski definition) is 7. The number of allylic oxidation sites excluding steroid dienone is 1. The number of rotatable bonds is 6. The van der Waals surface area contributed by atoms with Gasteiger partial charge in [0.1, 0.15) is 17.3 Å². The molecule has 0 radical (unpaired) electrons. The molecule has 1 atom stereocenters. The van der Waals surface area contributed by atoms with Crippen LogP contribution in [0.4, 0.5) is 0 Å². The molecule has 0 amide bonds. The number of esters is 1. The minimum absolute atomic E-state index is 0.202. The molecule has 1 unspecified atom stereocenters. The van der Waals surface area contributed by atoms with Crippen molar-refractivity contribution in [3.8, 4) is 17.1 Å². The van der Waals surface area contributed by atoms with E-state index in [1.807, 2.05) is 12.1 Å². The Hall–Kier alpha value is -3.59. The van der Waals surface area contributed by atoms with E-state index in [0.717, 1.165) is 5.56 Å². The molecule has 2 aromatic heterocycles. The molecule has 0 aliphatic carbocycles. The summed E-state index contributed by atoms with van der Waals surface area (Å²) in [4.78, 5) is 31.8. The van der Waals surface area contributed by atoms with Crippen LogP contribution in [-0.2, 0) is 9.53 Å². The van der Waals surface area contributed by atoms with Gasteiger partial charge in [-0.05, 0) is 61.9 Å². The normalized spacial score (nSPS) is 15.3. The lowest BCUT2D eigenvalue weighted by atomic mass is 9.96. The second kappa shape index (κ2) is 10.6. The molecule has 1 aliphatic rings. The second-order valence-corrected chi connectivity index (χ2v) is 10.3. The Morgan fingerprint density at radius 1 is 1.16 bits per heavy atom. The first-order valence-corrected chi connectivity index (χ1v) is 13.3. The summed E-state index contributed by atoms with van der Waals surface area (Å²) >= 11 is 13.6. The molecule has 7 nitrogen and oxygen atoms in total. The smallest absolute Gasteiger partial charge is 0.338 e. The van der Waals surface area contributed by atoms with Crippen LogP contribution in [0.1, 0.15) is 31.2 Å². The molecule has 1 aliphatic heterocycles. The first-order chi connectivity index (χ1) is 18.3. The Morgan fingerprint density at radius 3 is 2.61 bits per heavy atom. The van der Waals surface area contributed by atoms with Crippen molar-refractivity contribution in [2.75, 3.05) is 13.7 Å². The van der Waals surface area contributed by atoms with Crippen LogP contribution in [0.15, 0.2) is 80.1 Å². The monoisotopic (exact) mass is 568 g/mol. The number of fused-ring (bicyclic) bond motifs is 1. The summed E-state index contributed by atoms with van der Waals surface area (Å²) in [5.74, 6) is 1.16. The van der Waals surface area contributed by atoms with Crippen LogP contribution in [0.3, 0.4) is 0 Å². The highest BCUT2D eigenvalue weighted by Crippen LogP contribution is 2.33. The molecule has 10 heteroatoms. The molecule has 0 saturated carbocycles. The van der Waals surface area contributed by atoms with Gasteiger partial charge in [-0.2, -0.15) is 0 Å². The summed E-state index contributed by atoms with van der Waals surface area (Å²) in [5, 5.41) is 0.981. The van der Waals surface area contributed by atoms with Crippen molar-refractivity contribution >= 4 is 46.6 Å². The third-order valence-electron chi connectivity index (χ3n) is 6.05. The van der Waals surface area contributed by atoms with Crippen molar-refractivity contribution in [3.05, 3.63) is 107 Å². The van der Waals surface area contributed by atoms with Gasteiger partial charge in [0.05, 0.1) is 40.6 Å². The van der Waals surface area contributed by atoms with Gasteiger partial charge in [-0.15, -0.1) is 0 Å². The molecule has 5 rings (SSSR count). The van der Waals surface area contributed by atoms with Gasteiger partial charge in [0, 0.05) is 16.7 Å². The van der Waals surface area contributed by atoms with Gasteiger partial charge in [-0.25, -0.2) is 9.79 Å². The summed E-state index contributed by atoms with van der Waals surface area (Å²) in [5.41, 5.74) is 1.93. The molecule has 194 valence electrons. The van der Waals surface area contributed by atoms with Crippen LogP contribution >= 0.6 is 34.5 Å². The zero-order valence-electron chi connectivity index (χ0n) is 20.7. The molecule has 0 bridgehead atoms. The third-order valence-corrected chi connectivity index (χ3v) is 7.58. The topological polar surface area (TPSA) is 83.0 Å². The zero-order chi connectivity index (χ0) is 27.0. The predicted molar refractivity (Wildman–Crippen MR) is 148 cm³/mol. The highest BCUT2D eigenvalue weighted by molar-refractivity contribution is 7.07. The van der Waals surface area contributed by atoms with Gasteiger partial charge < -0.3 is 13.9 Å². The van der Waals surface area contributed by atoms with Gasteiger partial charge in [0.2, 0.25) is 0 Å². The summed E-state index contributed by atoms with van der Waals surface area (Å²) < 4.78 is 18.5. The predicted octanol–water partition coefficient (Wildman–Crippen LogP) is 5.37. The number of carbonyl (C=O) groups excluding carboxylic acids is 1. The Bertz CT molecular complexity index is 1750. The van der Waals surface area contributed by atoms with Gasteiger partial charge in [-0.1, -0.05) is 46.7 Å². The Kier molecular flexibility index (Phi) is 7.29. The number of hydrogen-bond donors (Lipinski definition) is 0. The molecule has 0 saturated heterocycles. The van der Waals surface area contributed by atoms with Gasteiger partial charge >= 0.3 is 5.97 Å². The largest absolute Gasteiger partial charge is 0.497 e. The van der Waals surface area contributed by atoms with E-state index in [2.05, 4.69) is 4.99 Å². The molecule has 0 N–H and O–H groups in total. The van der Waals surface area contributed by atoms with E-state index in [-0.39, 0.29) is 12.2 Å². The van der Waals surface area contributed by atoms with Crippen LogP contribution < -0.4 is 19.6 Å². The number of nitrogens with zero attached hydrogens (tertiary/aromatic N) is 2. The van der Waals surface area contributed by atoms with Crippen molar-refractivity contribution in [2.45, 2.75) is 19.9 Å². The van der Waals surface area contributed by atoms with Gasteiger partial charge in [0.15, 0.2) is 4.80 Å². The maximum Gasteiger partial charge on any atom is 0.338 e. The Labute approximate surface area is 231 Å². The highest BCUT2D eigenvalue weighted by atomic mass is 35.5. The van der Waals surface area contributed by atoms with Gasteiger partial charge in [0.25, 0.3) is 5.56 Å². The van der Waals surface area contributed by atoms with E-state index in [1.165, 1.54) is 15.9 Å². The minimum atomic E-state index is -0.710. The average molecular weight is 569 g/mol. The molecular formula is C28H22Cl2N2O5S. The Morgan fingerprint density at radius 2 is 1.92 bits per heavy atom. The van der Waals surface area contributed by atoms with E-state index < -0.39 is 12.0 Å². The lowest BCUT2D eigenvalue weighted by Gasteiger charge is -2.24. The lowest BCUT2D eigenvalue weighted by molar-refractivity contribution is -0.139. The highest BCUT2D eigenvalue weighted by Gasteiger charge is 2.33. The van der Waals surface area contributed by atoms with Gasteiger partial charge in [-0.3, -0.25) is 9.36 Å². The second-order valence-electron chi connectivity index (χ2n) is 8.40. The summed E-state index contributed by atoms with van der Waals surface area (Å²) in [6.07, 6.45) is 1.66. The maximum absolute atomic E-state index is 13.7. The average Bonchev–Trinajstić information content (AvgIpc) is 3.47. The fourth-order valence-corrected chi connectivity index (χ4v) is 5.82. The molecule has 38 heavy (non-hydrogen) atoms. The number of methoxy groups -OCH3 is 1. The summed E-state index contributed by atoms with van der Waals surface area (Å²) in [7, 11) is 1.58. The van der Waals surface area contributed by atoms with Crippen molar-refractivity contribution in [2.24, 2.45) is 4.99 Å². The van der Waals surface area contributed by atoms with Crippen molar-refractivity contribution in [3.63, 3.8) is 0 Å². The van der Waals surface area contributed by atoms with E-state index >= 15 is 0 Å². The SMILES string of the molecule is CCOC(=O)C1=C(C)N=c2s/c(=C\c3ccc(-c4ccc(Cl)cc4Cl)o3)c(=O)n2C1c1ccc(OC)cc1. The molecule has 3 heterocycles. The quantitative estimate of drug-likeness (QED) is 0.292. The van der Waals surface area contributed by atoms with Crippen molar-refractivity contribution in [1.82, 2.24) is 4.57 Å². The third kappa shape index (κ3) is 4.82. The van der Waals surface area contributed by atoms with Crippen LogP contribution in [0.5, 0.6) is 5.75 Å².